The fraction of sp³-hybridized carbons (Fsp3) is 0.714. The van der Waals surface area contributed by atoms with Crippen LogP contribution in [0.1, 0.15) is 64.2 Å². The van der Waals surface area contributed by atoms with Crippen LogP contribution in [0.15, 0.2) is 0 Å². The van der Waals surface area contributed by atoms with Gasteiger partial charge in [-0.05, 0) is 38.5 Å². The smallest absolute Gasteiger partial charge is 0.220 e. The third-order valence-electron chi connectivity index (χ3n) is 5.58. The van der Waals surface area contributed by atoms with E-state index in [1.807, 2.05) is 0 Å². The molecule has 10 heteroatoms. The lowest BCUT2D eigenvalue weighted by molar-refractivity contribution is -0.125. The number of carbonyl (C=O) groups is 4. The number of nitrogens with one attached hydrogen (secondary N) is 2. The predicted molar refractivity (Wildman–Crippen MR) is 143 cm³/mol. The lowest BCUT2D eigenvalue weighted by atomic mass is 9.83. The molecule has 0 heterocycles. The molecule has 0 radical (unpaired) electrons. The molecule has 0 aromatic rings. The Morgan fingerprint density at radius 3 is 1.95 bits per heavy atom. The van der Waals surface area contributed by atoms with E-state index in [1.54, 1.807) is 0 Å². The number of unbranched alkanes of at least 4 members (excludes halogenated alkanes) is 2. The molecule has 1 unspecified atom stereocenters. The average molecular weight is 537 g/mol. The average Bonchev–Trinajstić information content (AvgIpc) is 2.91. The van der Waals surface area contributed by atoms with Gasteiger partial charge >= 0.3 is 0 Å². The zero-order valence-electron chi connectivity index (χ0n) is 22.5. The van der Waals surface area contributed by atoms with Gasteiger partial charge in [-0.2, -0.15) is 0 Å². The number of amides is 2. The van der Waals surface area contributed by atoms with Crippen molar-refractivity contribution in [1.29, 1.82) is 0 Å². The highest BCUT2D eigenvalue weighted by Crippen LogP contribution is 2.26. The van der Waals surface area contributed by atoms with Crippen molar-refractivity contribution in [1.82, 2.24) is 10.6 Å². The van der Waals surface area contributed by atoms with Gasteiger partial charge in [0.2, 0.25) is 11.8 Å². The normalized spacial score (nSPS) is 12.1. The third-order valence-corrected chi connectivity index (χ3v) is 5.58. The topological polar surface area (TPSA) is 129 Å². The molecular weight excluding hydrogens is 492 g/mol. The number of aldehydes is 2. The van der Waals surface area contributed by atoms with Gasteiger partial charge in [-0.1, -0.05) is 11.8 Å². The maximum absolute atomic E-state index is 12.6. The minimum absolute atomic E-state index is 0.168. The van der Waals surface area contributed by atoms with Gasteiger partial charge in [-0.25, -0.2) is 0 Å². The van der Waals surface area contributed by atoms with Crippen molar-refractivity contribution < 1.29 is 38.1 Å². The maximum Gasteiger partial charge on any atom is 0.220 e. The van der Waals surface area contributed by atoms with Crippen LogP contribution in [0.4, 0.5) is 0 Å². The molecule has 10 nitrogen and oxygen atoms in total. The number of ether oxygens (including phenoxy) is 4. The van der Waals surface area contributed by atoms with Gasteiger partial charge < -0.3 is 39.2 Å². The molecule has 2 amide bonds. The van der Waals surface area contributed by atoms with E-state index in [0.29, 0.717) is 78.3 Å². The Morgan fingerprint density at radius 1 is 0.684 bits per heavy atom. The van der Waals surface area contributed by atoms with Crippen molar-refractivity contribution in [3.63, 3.8) is 0 Å². The molecule has 38 heavy (non-hydrogen) atoms. The summed E-state index contributed by atoms with van der Waals surface area (Å²) in [6, 6.07) is 0. The zero-order chi connectivity index (χ0) is 28.2. The molecule has 0 aliphatic heterocycles. The van der Waals surface area contributed by atoms with Crippen molar-refractivity contribution in [3.05, 3.63) is 0 Å². The Bertz CT molecular complexity index is 731. The van der Waals surface area contributed by atoms with Crippen LogP contribution < -0.4 is 10.6 Å². The van der Waals surface area contributed by atoms with Crippen LogP contribution in [0.3, 0.4) is 0 Å². The third kappa shape index (κ3) is 21.3. The number of hydrogen-bond acceptors (Lipinski definition) is 8. The minimum atomic E-state index is -0.711. The fourth-order valence-electron chi connectivity index (χ4n) is 3.68. The van der Waals surface area contributed by atoms with Gasteiger partial charge in [-0.3, -0.25) is 9.59 Å². The first-order valence-electron chi connectivity index (χ1n) is 13.2. The summed E-state index contributed by atoms with van der Waals surface area (Å²) in [5.74, 6) is 4.39. The Morgan fingerprint density at radius 2 is 1.32 bits per heavy atom. The number of terminal acetylenes is 2. The molecule has 0 bridgehead atoms. The van der Waals surface area contributed by atoms with Crippen LogP contribution in [0, 0.1) is 24.7 Å². The van der Waals surface area contributed by atoms with E-state index in [9.17, 15) is 19.2 Å². The first kappa shape index (κ1) is 35.2. The highest BCUT2D eigenvalue weighted by molar-refractivity contribution is 5.78. The van der Waals surface area contributed by atoms with Crippen molar-refractivity contribution in [2.45, 2.75) is 69.7 Å². The van der Waals surface area contributed by atoms with Crippen LogP contribution in [0.2, 0.25) is 0 Å². The van der Waals surface area contributed by atoms with E-state index in [2.05, 4.69) is 22.5 Å². The lowest BCUT2D eigenvalue weighted by Crippen LogP contribution is -2.49. The van der Waals surface area contributed by atoms with E-state index in [4.69, 9.17) is 31.8 Å². The van der Waals surface area contributed by atoms with E-state index < -0.39 is 5.54 Å². The van der Waals surface area contributed by atoms with Crippen LogP contribution in [0.5, 0.6) is 0 Å². The van der Waals surface area contributed by atoms with Crippen molar-refractivity contribution >= 4 is 24.4 Å². The van der Waals surface area contributed by atoms with Crippen LogP contribution in [0.25, 0.3) is 0 Å². The van der Waals surface area contributed by atoms with E-state index in [1.165, 1.54) is 0 Å². The van der Waals surface area contributed by atoms with Crippen LogP contribution in [-0.2, 0) is 38.1 Å². The fourth-order valence-corrected chi connectivity index (χ4v) is 3.68. The molecule has 0 spiro atoms. The van der Waals surface area contributed by atoms with Crippen molar-refractivity contribution in [2.24, 2.45) is 0 Å². The standard InChI is InChI=1S/C28H44N2O8/c1-3-18-35-22-24-37-20-8-6-12-28(13-9-17-32,30-27(34)10-5-7-16-31)14-11-26(33)29-15-21-38-25-23-36-19-4-2/h1-2,16-17H,5-15,18-25H2,(H,29,33)(H,30,34). The molecule has 0 aliphatic carbocycles. The summed E-state index contributed by atoms with van der Waals surface area (Å²) in [5.41, 5.74) is -0.711. The highest BCUT2D eigenvalue weighted by Gasteiger charge is 2.31. The largest absolute Gasteiger partial charge is 0.379 e. The van der Waals surface area contributed by atoms with E-state index in [-0.39, 0.29) is 44.3 Å². The molecule has 2 N–H and O–H groups in total. The number of hydrogen-bond donors (Lipinski definition) is 2. The van der Waals surface area contributed by atoms with E-state index in [0.717, 1.165) is 25.4 Å². The summed E-state index contributed by atoms with van der Waals surface area (Å²) in [6.45, 7) is 3.30. The SMILES string of the molecule is C#CCOCCOCCCCC(CCC=O)(CCC(=O)NCCOCCOCC#C)NC(=O)CCCC=O. The van der Waals surface area contributed by atoms with Crippen molar-refractivity contribution in [3.8, 4) is 24.7 Å². The summed E-state index contributed by atoms with van der Waals surface area (Å²) in [4.78, 5) is 46.9. The van der Waals surface area contributed by atoms with Crippen LogP contribution >= 0.6 is 0 Å². The molecule has 0 aromatic carbocycles. The van der Waals surface area contributed by atoms with Gasteiger partial charge in [0.05, 0.1) is 33.0 Å². The second-order valence-corrected chi connectivity index (χ2v) is 8.64. The van der Waals surface area contributed by atoms with Gasteiger partial charge in [0, 0.05) is 44.4 Å². The molecule has 1 atom stereocenters. The van der Waals surface area contributed by atoms with Gasteiger partial charge in [0.1, 0.15) is 25.8 Å². The first-order valence-corrected chi connectivity index (χ1v) is 13.2. The van der Waals surface area contributed by atoms with Crippen LogP contribution in [-0.4, -0.2) is 89.3 Å². The Hall–Kier alpha value is -2.76. The van der Waals surface area contributed by atoms with Crippen molar-refractivity contribution in [2.75, 3.05) is 59.4 Å². The summed E-state index contributed by atoms with van der Waals surface area (Å²) >= 11 is 0. The van der Waals surface area contributed by atoms with E-state index >= 15 is 0 Å². The molecule has 214 valence electrons. The second kappa shape index (κ2) is 25.9. The maximum atomic E-state index is 12.6. The molecule has 0 saturated heterocycles. The summed E-state index contributed by atoms with van der Waals surface area (Å²) in [5, 5.41) is 5.89. The minimum Gasteiger partial charge on any atom is -0.379 e. The zero-order valence-corrected chi connectivity index (χ0v) is 22.5. The molecule has 0 saturated carbocycles. The summed E-state index contributed by atoms with van der Waals surface area (Å²) in [7, 11) is 0. The Balaban J connectivity index is 4.78. The van der Waals surface area contributed by atoms with Gasteiger partial charge in [-0.15, -0.1) is 12.8 Å². The summed E-state index contributed by atoms with van der Waals surface area (Å²) in [6.07, 6.45) is 16.1. The molecule has 0 aliphatic rings. The Kier molecular flexibility index (Phi) is 24.0. The number of carbonyl (C=O) groups excluding carboxylic acids is 4. The molecule has 0 rings (SSSR count). The monoisotopic (exact) mass is 536 g/mol. The number of rotatable bonds is 27. The molecule has 0 fully saturated rings. The lowest BCUT2D eigenvalue weighted by Gasteiger charge is -2.35. The quantitative estimate of drug-likeness (QED) is 0.0920. The Labute approximate surface area is 227 Å². The van der Waals surface area contributed by atoms with Gasteiger partial charge in [0.25, 0.3) is 0 Å². The molecular formula is C28H44N2O8. The van der Waals surface area contributed by atoms with Gasteiger partial charge in [0.15, 0.2) is 0 Å². The molecule has 0 aromatic heterocycles. The predicted octanol–water partition coefficient (Wildman–Crippen LogP) is 1.59. The second-order valence-electron chi connectivity index (χ2n) is 8.64. The highest BCUT2D eigenvalue weighted by atomic mass is 16.5. The first-order chi connectivity index (χ1) is 18.5. The summed E-state index contributed by atoms with van der Waals surface area (Å²) < 4.78 is 21.2.